The number of hydrogen-bond donors (Lipinski definition) is 1. The van der Waals surface area contributed by atoms with E-state index in [0.29, 0.717) is 50.5 Å². The van der Waals surface area contributed by atoms with Gasteiger partial charge in [0, 0.05) is 37.4 Å². The van der Waals surface area contributed by atoms with Crippen molar-refractivity contribution in [2.75, 3.05) is 26.3 Å². The molecule has 0 radical (unpaired) electrons. The minimum atomic E-state index is -0.927. The summed E-state index contributed by atoms with van der Waals surface area (Å²) in [6, 6.07) is 1.65. The van der Waals surface area contributed by atoms with Crippen LogP contribution in [0.2, 0.25) is 0 Å². The van der Waals surface area contributed by atoms with Crippen molar-refractivity contribution >= 4 is 11.9 Å². The molecule has 20 heavy (non-hydrogen) atoms. The highest BCUT2D eigenvalue weighted by molar-refractivity contribution is 5.89. The van der Waals surface area contributed by atoms with Crippen LogP contribution in [-0.4, -0.2) is 52.8 Å². The largest absolute Gasteiger partial charge is 0.478 e. The van der Waals surface area contributed by atoms with Crippen molar-refractivity contribution in [3.8, 4) is 0 Å². The molecular formula is C14H20N2O4. The van der Waals surface area contributed by atoms with Crippen molar-refractivity contribution < 1.29 is 19.4 Å². The lowest BCUT2D eigenvalue weighted by molar-refractivity contribution is -0.135. The first-order valence-corrected chi connectivity index (χ1v) is 6.76. The summed E-state index contributed by atoms with van der Waals surface area (Å²) in [6.45, 7) is 6.62. The predicted molar refractivity (Wildman–Crippen MR) is 72.9 cm³/mol. The molecule has 1 aliphatic rings. The number of carbonyl (C=O) groups excluding carboxylic acids is 1. The lowest BCUT2D eigenvalue weighted by atomic mass is 10.2. The summed E-state index contributed by atoms with van der Waals surface area (Å²) in [5, 5.41) is 9.08. The van der Waals surface area contributed by atoms with E-state index in [0.717, 1.165) is 5.69 Å². The molecule has 1 aliphatic heterocycles. The third kappa shape index (κ3) is 3.01. The maximum absolute atomic E-state index is 12.1. The molecule has 1 N–H and O–H groups in total. The van der Waals surface area contributed by atoms with E-state index in [1.54, 1.807) is 17.9 Å². The first kappa shape index (κ1) is 14.6. The van der Waals surface area contributed by atoms with Gasteiger partial charge in [-0.25, -0.2) is 4.79 Å². The van der Waals surface area contributed by atoms with Crippen LogP contribution in [0, 0.1) is 13.8 Å². The molecule has 1 aromatic heterocycles. The van der Waals surface area contributed by atoms with Crippen LogP contribution in [0.3, 0.4) is 0 Å². The maximum atomic E-state index is 12.1. The molecule has 1 fully saturated rings. The zero-order chi connectivity index (χ0) is 14.7. The van der Waals surface area contributed by atoms with Gasteiger partial charge in [-0.05, 0) is 19.9 Å². The summed E-state index contributed by atoms with van der Waals surface area (Å²) in [7, 11) is 0. The van der Waals surface area contributed by atoms with Crippen molar-refractivity contribution in [2.24, 2.45) is 0 Å². The molecular weight excluding hydrogens is 260 g/mol. The lowest BCUT2D eigenvalue weighted by Gasteiger charge is -2.27. The minimum Gasteiger partial charge on any atom is -0.478 e. The fourth-order valence-electron chi connectivity index (χ4n) is 2.54. The van der Waals surface area contributed by atoms with Crippen molar-refractivity contribution in [1.29, 1.82) is 0 Å². The van der Waals surface area contributed by atoms with Crippen LogP contribution in [0.1, 0.15) is 28.2 Å². The molecule has 6 heteroatoms. The molecule has 0 bridgehead atoms. The first-order valence-electron chi connectivity index (χ1n) is 6.76. The number of carboxylic acid groups (broad SMARTS) is 1. The van der Waals surface area contributed by atoms with Gasteiger partial charge in [-0.3, -0.25) is 4.79 Å². The molecule has 0 spiro atoms. The van der Waals surface area contributed by atoms with Crippen molar-refractivity contribution in [1.82, 2.24) is 9.47 Å². The van der Waals surface area contributed by atoms with E-state index in [1.165, 1.54) is 0 Å². The summed E-state index contributed by atoms with van der Waals surface area (Å²) in [5.74, 6) is -0.832. The van der Waals surface area contributed by atoms with Crippen LogP contribution in [0.15, 0.2) is 6.07 Å². The molecule has 0 atom stereocenters. The quantitative estimate of drug-likeness (QED) is 0.895. The molecule has 1 aromatic rings. The Morgan fingerprint density at radius 2 is 1.95 bits per heavy atom. The smallest absolute Gasteiger partial charge is 0.337 e. The summed E-state index contributed by atoms with van der Waals surface area (Å²) in [6.07, 6.45) is 0.384. The van der Waals surface area contributed by atoms with Crippen LogP contribution in [0.4, 0.5) is 0 Å². The van der Waals surface area contributed by atoms with E-state index < -0.39 is 5.97 Å². The van der Waals surface area contributed by atoms with E-state index >= 15 is 0 Å². The Morgan fingerprint density at radius 3 is 2.50 bits per heavy atom. The average Bonchev–Trinajstić information content (AvgIpc) is 2.72. The number of aromatic nitrogens is 1. The Morgan fingerprint density at radius 1 is 1.30 bits per heavy atom. The average molecular weight is 280 g/mol. The predicted octanol–water partition coefficient (Wildman–Crippen LogP) is 1.05. The summed E-state index contributed by atoms with van der Waals surface area (Å²) >= 11 is 0. The molecule has 6 nitrogen and oxygen atoms in total. The van der Waals surface area contributed by atoms with E-state index in [4.69, 9.17) is 9.84 Å². The van der Waals surface area contributed by atoms with Gasteiger partial charge in [-0.2, -0.15) is 0 Å². The zero-order valence-corrected chi connectivity index (χ0v) is 11.9. The van der Waals surface area contributed by atoms with Crippen molar-refractivity contribution in [3.63, 3.8) is 0 Å². The number of nitrogens with zero attached hydrogens (tertiary/aromatic N) is 2. The van der Waals surface area contributed by atoms with Gasteiger partial charge in [-0.1, -0.05) is 0 Å². The number of carboxylic acids is 1. The highest BCUT2D eigenvalue weighted by Gasteiger charge is 2.18. The molecule has 2 rings (SSSR count). The van der Waals surface area contributed by atoms with Crippen LogP contribution < -0.4 is 0 Å². The standard InChI is InChI=1S/C14H20N2O4/c1-10-9-12(14(18)19)11(2)16(10)4-3-13(17)15-5-7-20-8-6-15/h9H,3-8H2,1-2H3,(H,18,19). The normalized spacial score (nSPS) is 15.4. The second-order valence-electron chi connectivity index (χ2n) is 4.98. The van der Waals surface area contributed by atoms with Gasteiger partial charge < -0.3 is 19.3 Å². The maximum Gasteiger partial charge on any atom is 0.337 e. The van der Waals surface area contributed by atoms with Crippen molar-refractivity contribution in [2.45, 2.75) is 26.8 Å². The fraction of sp³-hybridized carbons (Fsp3) is 0.571. The van der Waals surface area contributed by atoms with Crippen LogP contribution in [0.25, 0.3) is 0 Å². The molecule has 1 amide bonds. The van der Waals surface area contributed by atoms with Gasteiger partial charge >= 0.3 is 5.97 Å². The SMILES string of the molecule is Cc1cc(C(=O)O)c(C)n1CCC(=O)N1CCOCC1. The first-order chi connectivity index (χ1) is 9.50. The highest BCUT2D eigenvalue weighted by atomic mass is 16.5. The van der Waals surface area contributed by atoms with Crippen molar-refractivity contribution in [3.05, 3.63) is 23.0 Å². The topological polar surface area (TPSA) is 71.8 Å². The molecule has 1 saturated heterocycles. The summed E-state index contributed by atoms with van der Waals surface area (Å²) in [4.78, 5) is 24.9. The Labute approximate surface area is 117 Å². The number of hydrogen-bond acceptors (Lipinski definition) is 3. The van der Waals surface area contributed by atoms with E-state index in [2.05, 4.69) is 0 Å². The van der Waals surface area contributed by atoms with Gasteiger partial charge in [-0.15, -0.1) is 0 Å². The number of ether oxygens (including phenoxy) is 1. The molecule has 0 aromatic carbocycles. The van der Waals surface area contributed by atoms with E-state index in [-0.39, 0.29) is 5.91 Å². The van der Waals surface area contributed by atoms with Gasteiger partial charge in [0.15, 0.2) is 0 Å². The monoisotopic (exact) mass is 280 g/mol. The van der Waals surface area contributed by atoms with Crippen LogP contribution >= 0.6 is 0 Å². The van der Waals surface area contributed by atoms with Gasteiger partial charge in [0.2, 0.25) is 5.91 Å². The van der Waals surface area contributed by atoms with Gasteiger partial charge in [0.05, 0.1) is 18.8 Å². The van der Waals surface area contributed by atoms with E-state index in [9.17, 15) is 9.59 Å². The number of amides is 1. The Balaban J connectivity index is 2.00. The number of morpholine rings is 1. The second kappa shape index (κ2) is 6.09. The molecule has 2 heterocycles. The molecule has 0 unspecified atom stereocenters. The number of rotatable bonds is 4. The number of aryl methyl sites for hydroxylation is 1. The summed E-state index contributed by atoms with van der Waals surface area (Å²) in [5.41, 5.74) is 1.88. The Bertz CT molecular complexity index is 515. The molecule has 0 saturated carbocycles. The van der Waals surface area contributed by atoms with E-state index in [1.807, 2.05) is 11.5 Å². The third-order valence-corrected chi connectivity index (χ3v) is 3.72. The van der Waals surface area contributed by atoms with Crippen LogP contribution in [0.5, 0.6) is 0 Å². The minimum absolute atomic E-state index is 0.0951. The molecule has 0 aliphatic carbocycles. The third-order valence-electron chi connectivity index (χ3n) is 3.72. The number of aromatic carboxylic acids is 1. The lowest BCUT2D eigenvalue weighted by Crippen LogP contribution is -2.41. The fourth-order valence-corrected chi connectivity index (χ4v) is 2.54. The second-order valence-corrected chi connectivity index (χ2v) is 4.98. The Kier molecular flexibility index (Phi) is 4.44. The summed E-state index contributed by atoms with van der Waals surface area (Å²) < 4.78 is 7.11. The Hall–Kier alpha value is -1.82. The number of carbonyl (C=O) groups is 2. The molecule has 110 valence electrons. The zero-order valence-electron chi connectivity index (χ0n) is 11.9. The van der Waals surface area contributed by atoms with Gasteiger partial charge in [0.25, 0.3) is 0 Å². The van der Waals surface area contributed by atoms with Gasteiger partial charge in [0.1, 0.15) is 0 Å². The highest BCUT2D eigenvalue weighted by Crippen LogP contribution is 2.16. The van der Waals surface area contributed by atoms with Crippen LogP contribution in [-0.2, 0) is 16.1 Å².